The van der Waals surface area contributed by atoms with E-state index >= 15 is 0 Å². The standard InChI is InChI=1S/C13H23NO2S2/c1-14-12(7-5-11-18(2,15)16)6-3-8-13-9-4-10-17-13/h4,9-10,12,14H,3,5-8,11H2,1-2H3. The second kappa shape index (κ2) is 7.92. The minimum atomic E-state index is -2.81. The quantitative estimate of drug-likeness (QED) is 0.759. The Morgan fingerprint density at radius 2 is 2.06 bits per heavy atom. The van der Waals surface area contributed by atoms with Crippen molar-refractivity contribution in [2.75, 3.05) is 19.1 Å². The van der Waals surface area contributed by atoms with Gasteiger partial charge in [0, 0.05) is 22.9 Å². The van der Waals surface area contributed by atoms with E-state index in [1.165, 1.54) is 11.1 Å². The summed E-state index contributed by atoms with van der Waals surface area (Å²) in [7, 11) is -0.855. The van der Waals surface area contributed by atoms with Crippen LogP contribution < -0.4 is 5.32 Å². The Labute approximate surface area is 115 Å². The molecule has 0 spiro atoms. The van der Waals surface area contributed by atoms with Gasteiger partial charge in [0.05, 0.1) is 0 Å². The summed E-state index contributed by atoms with van der Waals surface area (Å²) in [6.45, 7) is 0. The lowest BCUT2D eigenvalue weighted by Gasteiger charge is -2.15. The zero-order valence-corrected chi connectivity index (χ0v) is 12.8. The number of aryl methyl sites for hydroxylation is 1. The van der Waals surface area contributed by atoms with E-state index in [1.807, 2.05) is 7.05 Å². The van der Waals surface area contributed by atoms with Crippen LogP contribution in [0.5, 0.6) is 0 Å². The normalized spacial score (nSPS) is 13.7. The van der Waals surface area contributed by atoms with Crippen LogP contribution in [0, 0.1) is 0 Å². The molecule has 0 saturated carbocycles. The summed E-state index contributed by atoms with van der Waals surface area (Å²) < 4.78 is 22.1. The van der Waals surface area contributed by atoms with Crippen molar-refractivity contribution in [1.29, 1.82) is 0 Å². The Morgan fingerprint density at radius 3 is 2.61 bits per heavy atom. The molecule has 0 saturated heterocycles. The van der Waals surface area contributed by atoms with E-state index in [-0.39, 0.29) is 0 Å². The molecule has 1 N–H and O–H groups in total. The van der Waals surface area contributed by atoms with Crippen LogP contribution in [0.15, 0.2) is 17.5 Å². The molecule has 0 aromatic carbocycles. The maximum atomic E-state index is 11.1. The Morgan fingerprint density at radius 1 is 1.33 bits per heavy atom. The van der Waals surface area contributed by atoms with E-state index in [0.29, 0.717) is 11.8 Å². The molecule has 0 aliphatic rings. The molecule has 3 nitrogen and oxygen atoms in total. The second-order valence-electron chi connectivity index (χ2n) is 4.73. The molecule has 0 fully saturated rings. The van der Waals surface area contributed by atoms with Crippen LogP contribution in [-0.2, 0) is 16.3 Å². The zero-order chi connectivity index (χ0) is 13.4. The third-order valence-corrected chi connectivity index (χ3v) is 5.00. The van der Waals surface area contributed by atoms with Gasteiger partial charge in [0.1, 0.15) is 9.84 Å². The average Bonchev–Trinajstić information content (AvgIpc) is 2.78. The van der Waals surface area contributed by atoms with Crippen molar-refractivity contribution in [3.8, 4) is 0 Å². The van der Waals surface area contributed by atoms with Crippen LogP contribution in [0.3, 0.4) is 0 Å². The molecule has 0 bridgehead atoms. The third kappa shape index (κ3) is 7.13. The van der Waals surface area contributed by atoms with Crippen molar-refractivity contribution in [3.63, 3.8) is 0 Å². The maximum Gasteiger partial charge on any atom is 0.147 e. The largest absolute Gasteiger partial charge is 0.317 e. The van der Waals surface area contributed by atoms with Crippen molar-refractivity contribution in [2.24, 2.45) is 0 Å². The molecule has 1 atom stereocenters. The van der Waals surface area contributed by atoms with Crippen molar-refractivity contribution in [1.82, 2.24) is 5.32 Å². The van der Waals surface area contributed by atoms with Gasteiger partial charge in [-0.05, 0) is 50.6 Å². The van der Waals surface area contributed by atoms with Gasteiger partial charge in [0.2, 0.25) is 0 Å². The summed E-state index contributed by atoms with van der Waals surface area (Å²) in [6, 6.07) is 4.69. The average molecular weight is 289 g/mol. The first-order valence-electron chi connectivity index (χ1n) is 6.38. The number of thiophene rings is 1. The molecule has 0 radical (unpaired) electrons. The van der Waals surface area contributed by atoms with Crippen molar-refractivity contribution in [3.05, 3.63) is 22.4 Å². The summed E-state index contributed by atoms with van der Waals surface area (Å²) in [5.74, 6) is 0.302. The molecular formula is C13H23NO2S2. The number of hydrogen-bond donors (Lipinski definition) is 1. The Bertz CT molecular complexity index is 412. The van der Waals surface area contributed by atoms with Crippen LogP contribution in [0.1, 0.15) is 30.6 Å². The number of hydrogen-bond acceptors (Lipinski definition) is 4. The molecule has 5 heteroatoms. The van der Waals surface area contributed by atoms with E-state index in [1.54, 1.807) is 11.3 Å². The summed E-state index contributed by atoms with van der Waals surface area (Å²) >= 11 is 1.80. The lowest BCUT2D eigenvalue weighted by molar-refractivity contribution is 0.469. The van der Waals surface area contributed by atoms with E-state index in [4.69, 9.17) is 0 Å². The molecule has 1 unspecified atom stereocenters. The molecule has 1 heterocycles. The highest BCUT2D eigenvalue weighted by molar-refractivity contribution is 7.90. The predicted octanol–water partition coefficient (Wildman–Crippen LogP) is 2.48. The summed E-state index contributed by atoms with van der Waals surface area (Å²) in [5, 5.41) is 5.39. The van der Waals surface area contributed by atoms with Crippen LogP contribution in [-0.4, -0.2) is 33.5 Å². The van der Waals surface area contributed by atoms with Crippen LogP contribution in [0.2, 0.25) is 0 Å². The fraction of sp³-hybridized carbons (Fsp3) is 0.692. The molecular weight excluding hydrogens is 266 g/mol. The van der Waals surface area contributed by atoms with E-state index in [9.17, 15) is 8.42 Å². The van der Waals surface area contributed by atoms with Gasteiger partial charge >= 0.3 is 0 Å². The highest BCUT2D eigenvalue weighted by Crippen LogP contribution is 2.14. The monoisotopic (exact) mass is 289 g/mol. The Kier molecular flexibility index (Phi) is 6.89. The van der Waals surface area contributed by atoms with Crippen molar-refractivity contribution >= 4 is 21.2 Å². The van der Waals surface area contributed by atoms with Gasteiger partial charge in [-0.1, -0.05) is 6.07 Å². The van der Waals surface area contributed by atoms with Gasteiger partial charge in [0.15, 0.2) is 0 Å². The minimum absolute atomic E-state index is 0.302. The fourth-order valence-electron chi connectivity index (χ4n) is 2.00. The van der Waals surface area contributed by atoms with Crippen LogP contribution in [0.25, 0.3) is 0 Å². The molecule has 1 aromatic heterocycles. The van der Waals surface area contributed by atoms with Crippen molar-refractivity contribution in [2.45, 2.75) is 38.1 Å². The SMILES string of the molecule is CNC(CCCc1cccs1)CCCS(C)(=O)=O. The minimum Gasteiger partial charge on any atom is -0.317 e. The molecule has 0 amide bonds. The van der Waals surface area contributed by atoms with Gasteiger partial charge in [-0.2, -0.15) is 0 Å². The smallest absolute Gasteiger partial charge is 0.147 e. The molecule has 18 heavy (non-hydrogen) atoms. The first kappa shape index (κ1) is 15.7. The Balaban J connectivity index is 2.17. The molecule has 0 aliphatic carbocycles. The van der Waals surface area contributed by atoms with Crippen molar-refractivity contribution < 1.29 is 8.42 Å². The van der Waals surface area contributed by atoms with E-state index < -0.39 is 9.84 Å². The predicted molar refractivity (Wildman–Crippen MR) is 79.0 cm³/mol. The van der Waals surface area contributed by atoms with Gasteiger partial charge in [-0.25, -0.2) is 8.42 Å². The summed E-state index contributed by atoms with van der Waals surface area (Å²) in [5.41, 5.74) is 0. The topological polar surface area (TPSA) is 46.2 Å². The third-order valence-electron chi connectivity index (χ3n) is 3.03. The van der Waals surface area contributed by atoms with Gasteiger partial charge in [-0.15, -0.1) is 11.3 Å². The maximum absolute atomic E-state index is 11.1. The fourth-order valence-corrected chi connectivity index (χ4v) is 3.44. The Hall–Kier alpha value is -0.390. The number of rotatable bonds is 9. The van der Waals surface area contributed by atoms with Crippen LogP contribution in [0.4, 0.5) is 0 Å². The first-order valence-corrected chi connectivity index (χ1v) is 9.32. The number of sulfone groups is 1. The number of nitrogens with one attached hydrogen (secondary N) is 1. The van der Waals surface area contributed by atoms with Gasteiger partial charge < -0.3 is 5.32 Å². The van der Waals surface area contributed by atoms with E-state index in [2.05, 4.69) is 22.8 Å². The van der Waals surface area contributed by atoms with Gasteiger partial charge in [-0.3, -0.25) is 0 Å². The summed E-state index contributed by atoms with van der Waals surface area (Å²) in [6.07, 6.45) is 6.39. The molecule has 1 aromatic rings. The highest BCUT2D eigenvalue weighted by Gasteiger charge is 2.08. The molecule has 1 rings (SSSR count). The first-order chi connectivity index (χ1) is 8.51. The van der Waals surface area contributed by atoms with Gasteiger partial charge in [0.25, 0.3) is 0 Å². The molecule has 0 aliphatic heterocycles. The zero-order valence-electron chi connectivity index (χ0n) is 11.2. The van der Waals surface area contributed by atoms with Crippen LogP contribution >= 0.6 is 11.3 Å². The molecule has 104 valence electrons. The van der Waals surface area contributed by atoms with E-state index in [0.717, 1.165) is 32.1 Å². The lowest BCUT2D eigenvalue weighted by Crippen LogP contribution is -2.25. The summed E-state index contributed by atoms with van der Waals surface area (Å²) in [4.78, 5) is 1.43. The second-order valence-corrected chi connectivity index (χ2v) is 8.02. The highest BCUT2D eigenvalue weighted by atomic mass is 32.2. The lowest BCUT2D eigenvalue weighted by atomic mass is 10.0.